The molecule has 1 unspecified atom stereocenters. The van der Waals surface area contributed by atoms with E-state index in [1.807, 2.05) is 0 Å². The van der Waals surface area contributed by atoms with Crippen molar-refractivity contribution < 1.29 is 4.74 Å². The molecule has 0 spiro atoms. The summed E-state index contributed by atoms with van der Waals surface area (Å²) in [6.07, 6.45) is 2.27. The second-order valence-electron chi connectivity index (χ2n) is 3.28. The van der Waals surface area contributed by atoms with Gasteiger partial charge in [0.1, 0.15) is 0 Å². The van der Waals surface area contributed by atoms with Gasteiger partial charge in [-0.1, -0.05) is 22.9 Å². The maximum absolute atomic E-state index is 5.27. The molecule has 0 aliphatic heterocycles. The molecule has 0 saturated heterocycles. The Morgan fingerprint density at radius 3 is 2.30 bits per heavy atom. The molecule has 0 bridgehead atoms. The van der Waals surface area contributed by atoms with E-state index < -0.39 is 0 Å². The second kappa shape index (κ2) is 4.35. The van der Waals surface area contributed by atoms with Crippen LogP contribution in [0.4, 0.5) is 0 Å². The first-order valence-corrected chi connectivity index (χ1v) is 4.59. The highest BCUT2D eigenvalue weighted by atomic mass is 79.9. The summed E-state index contributed by atoms with van der Waals surface area (Å²) in [5.74, 6) is 0. The first-order chi connectivity index (χ1) is 4.48. The van der Waals surface area contributed by atoms with E-state index >= 15 is 0 Å². The fourth-order valence-electron chi connectivity index (χ4n) is 0.649. The molecule has 0 rings (SSSR count). The van der Waals surface area contributed by atoms with Gasteiger partial charge < -0.3 is 4.74 Å². The van der Waals surface area contributed by atoms with Crippen LogP contribution in [0.2, 0.25) is 0 Å². The van der Waals surface area contributed by atoms with Gasteiger partial charge in [-0.3, -0.25) is 0 Å². The van der Waals surface area contributed by atoms with E-state index in [9.17, 15) is 0 Å². The topological polar surface area (TPSA) is 9.23 Å². The summed E-state index contributed by atoms with van der Waals surface area (Å²) in [6, 6.07) is 0. The lowest BCUT2D eigenvalue weighted by molar-refractivity contribution is 0.0141. The van der Waals surface area contributed by atoms with Gasteiger partial charge in [-0.2, -0.15) is 0 Å². The largest absolute Gasteiger partial charge is 0.379 e. The van der Waals surface area contributed by atoms with Crippen molar-refractivity contribution in [3.8, 4) is 0 Å². The summed E-state index contributed by atoms with van der Waals surface area (Å²) in [7, 11) is 1.76. The molecule has 0 fully saturated rings. The van der Waals surface area contributed by atoms with Gasteiger partial charge in [-0.15, -0.1) is 0 Å². The van der Waals surface area contributed by atoms with Crippen molar-refractivity contribution in [3.63, 3.8) is 0 Å². The molecule has 0 aromatic heterocycles. The van der Waals surface area contributed by atoms with E-state index in [0.717, 1.165) is 6.42 Å². The van der Waals surface area contributed by atoms with E-state index in [2.05, 4.69) is 36.7 Å². The molecule has 62 valence electrons. The van der Waals surface area contributed by atoms with Crippen LogP contribution in [0.1, 0.15) is 33.6 Å². The Morgan fingerprint density at radius 1 is 1.50 bits per heavy atom. The molecule has 0 heterocycles. The number of ether oxygens (including phenoxy) is 1. The Hall–Kier alpha value is 0.440. The Morgan fingerprint density at radius 2 is 2.00 bits per heavy atom. The maximum Gasteiger partial charge on any atom is 0.0623 e. The lowest BCUT2D eigenvalue weighted by atomic mass is 10.0. The summed E-state index contributed by atoms with van der Waals surface area (Å²) in [5, 5.41) is 0. The molecule has 10 heavy (non-hydrogen) atoms. The minimum atomic E-state index is 0.0437. The van der Waals surface area contributed by atoms with Crippen molar-refractivity contribution in [3.05, 3.63) is 0 Å². The summed E-state index contributed by atoms with van der Waals surface area (Å²) in [4.78, 5) is 0.599. The van der Waals surface area contributed by atoms with Crippen molar-refractivity contribution in [1.29, 1.82) is 0 Å². The van der Waals surface area contributed by atoms with Crippen molar-refractivity contribution in [2.24, 2.45) is 0 Å². The van der Waals surface area contributed by atoms with Crippen molar-refractivity contribution in [1.82, 2.24) is 0 Å². The molecule has 0 radical (unpaired) electrons. The first kappa shape index (κ1) is 10.4. The van der Waals surface area contributed by atoms with Crippen LogP contribution in [0.25, 0.3) is 0 Å². The number of halogens is 1. The Labute approximate surface area is 72.3 Å². The van der Waals surface area contributed by atoms with Crippen LogP contribution in [0, 0.1) is 0 Å². The number of methoxy groups -OCH3 is 1. The predicted octanol–water partition coefficient (Wildman–Crippen LogP) is 2.98. The zero-order valence-corrected chi connectivity index (χ0v) is 8.86. The SMILES string of the molecule is COC(C)(C)CCC(C)Br. The smallest absolute Gasteiger partial charge is 0.0623 e. The Kier molecular flexibility index (Phi) is 4.54. The fourth-order valence-corrected chi connectivity index (χ4v) is 0.877. The Balaban J connectivity index is 3.46. The molecule has 0 aliphatic rings. The van der Waals surface area contributed by atoms with Crippen molar-refractivity contribution in [2.45, 2.75) is 44.0 Å². The van der Waals surface area contributed by atoms with Crippen LogP contribution in [-0.4, -0.2) is 17.5 Å². The van der Waals surface area contributed by atoms with E-state index in [1.54, 1.807) is 7.11 Å². The first-order valence-electron chi connectivity index (χ1n) is 3.67. The average molecular weight is 209 g/mol. The molecule has 2 heteroatoms. The highest BCUT2D eigenvalue weighted by molar-refractivity contribution is 9.09. The minimum Gasteiger partial charge on any atom is -0.379 e. The average Bonchev–Trinajstić information content (AvgIpc) is 1.85. The number of hydrogen-bond donors (Lipinski definition) is 0. The predicted molar refractivity (Wildman–Crippen MR) is 48.7 cm³/mol. The van der Waals surface area contributed by atoms with Gasteiger partial charge >= 0.3 is 0 Å². The molecule has 1 nitrogen and oxygen atoms in total. The van der Waals surface area contributed by atoms with Crippen LogP contribution < -0.4 is 0 Å². The molecule has 0 amide bonds. The van der Waals surface area contributed by atoms with Gasteiger partial charge in [0.25, 0.3) is 0 Å². The quantitative estimate of drug-likeness (QED) is 0.646. The van der Waals surface area contributed by atoms with E-state index in [-0.39, 0.29) is 5.60 Å². The monoisotopic (exact) mass is 208 g/mol. The van der Waals surface area contributed by atoms with E-state index in [4.69, 9.17) is 4.74 Å². The summed E-state index contributed by atoms with van der Waals surface area (Å²) in [5.41, 5.74) is 0.0437. The van der Waals surface area contributed by atoms with Crippen LogP contribution in [0.3, 0.4) is 0 Å². The summed E-state index contributed by atoms with van der Waals surface area (Å²) >= 11 is 3.50. The third kappa shape index (κ3) is 5.24. The van der Waals surface area contributed by atoms with Gasteiger partial charge in [0.15, 0.2) is 0 Å². The lowest BCUT2D eigenvalue weighted by Crippen LogP contribution is -2.22. The molecule has 0 aromatic rings. The highest BCUT2D eigenvalue weighted by Gasteiger charge is 2.16. The maximum atomic E-state index is 5.27. The van der Waals surface area contributed by atoms with Gasteiger partial charge in [0.05, 0.1) is 5.60 Å². The van der Waals surface area contributed by atoms with E-state index in [0.29, 0.717) is 4.83 Å². The molecule has 1 atom stereocenters. The molecule has 0 aromatic carbocycles. The fraction of sp³-hybridized carbons (Fsp3) is 1.00. The molecule has 0 aliphatic carbocycles. The standard InChI is InChI=1S/C8H17BrO/c1-7(9)5-6-8(2,3)10-4/h7H,5-6H2,1-4H3. The normalized spacial score (nSPS) is 15.3. The highest BCUT2D eigenvalue weighted by Crippen LogP contribution is 2.18. The van der Waals surface area contributed by atoms with Crippen molar-refractivity contribution >= 4 is 15.9 Å². The molecular weight excluding hydrogens is 192 g/mol. The van der Waals surface area contributed by atoms with Gasteiger partial charge in [0, 0.05) is 11.9 Å². The van der Waals surface area contributed by atoms with Crippen LogP contribution in [0.5, 0.6) is 0 Å². The third-order valence-corrected chi connectivity index (χ3v) is 2.15. The summed E-state index contributed by atoms with van der Waals surface area (Å²) < 4.78 is 5.27. The second-order valence-corrected chi connectivity index (χ2v) is 4.85. The van der Waals surface area contributed by atoms with Gasteiger partial charge in [-0.05, 0) is 26.7 Å². The Bertz CT molecular complexity index is 89.3. The minimum absolute atomic E-state index is 0.0437. The molecule has 0 saturated carbocycles. The lowest BCUT2D eigenvalue weighted by Gasteiger charge is -2.23. The molecule has 0 N–H and O–H groups in total. The van der Waals surface area contributed by atoms with Crippen LogP contribution >= 0.6 is 15.9 Å². The zero-order valence-electron chi connectivity index (χ0n) is 7.28. The van der Waals surface area contributed by atoms with Crippen LogP contribution in [0.15, 0.2) is 0 Å². The van der Waals surface area contributed by atoms with Crippen LogP contribution in [-0.2, 0) is 4.74 Å². The van der Waals surface area contributed by atoms with Gasteiger partial charge in [0.2, 0.25) is 0 Å². The number of rotatable bonds is 4. The number of hydrogen-bond acceptors (Lipinski definition) is 1. The third-order valence-electron chi connectivity index (χ3n) is 1.70. The van der Waals surface area contributed by atoms with Gasteiger partial charge in [-0.25, -0.2) is 0 Å². The summed E-state index contributed by atoms with van der Waals surface area (Å²) in [6.45, 7) is 6.39. The zero-order chi connectivity index (χ0) is 8.20. The van der Waals surface area contributed by atoms with Crippen molar-refractivity contribution in [2.75, 3.05) is 7.11 Å². The van der Waals surface area contributed by atoms with E-state index in [1.165, 1.54) is 6.42 Å². The number of alkyl halides is 1. The molecular formula is C8H17BrO.